The van der Waals surface area contributed by atoms with Crippen molar-refractivity contribution in [3.63, 3.8) is 0 Å². The van der Waals surface area contributed by atoms with Crippen molar-refractivity contribution in [2.24, 2.45) is 0 Å². The summed E-state index contributed by atoms with van der Waals surface area (Å²) in [5.74, 6) is 0. The molecule has 0 unspecified atom stereocenters. The van der Waals surface area contributed by atoms with Crippen molar-refractivity contribution in [3.8, 4) is 45.3 Å². The Morgan fingerprint density at radius 1 is 0.608 bits per heavy atom. The summed E-state index contributed by atoms with van der Waals surface area (Å²) in [7, 11) is 1.42. The second-order valence-electron chi connectivity index (χ2n) is 16.7. The molecule has 21 heteroatoms. The average Bonchev–Trinajstić information content (AvgIpc) is 4.05. The molecule has 0 spiro atoms. The summed E-state index contributed by atoms with van der Waals surface area (Å²) in [6, 6.07) is 23.7. The van der Waals surface area contributed by atoms with Crippen molar-refractivity contribution < 1.29 is 31.1 Å². The van der Waals surface area contributed by atoms with Crippen LogP contribution in [-0.4, -0.2) is 51.5 Å². The first-order chi connectivity index (χ1) is 35.2. The molecule has 8 rings (SSSR count). The van der Waals surface area contributed by atoms with E-state index in [9.17, 15) is 45.5 Å². The van der Waals surface area contributed by atoms with Crippen LogP contribution >= 0.6 is 0 Å². The van der Waals surface area contributed by atoms with Crippen LogP contribution in [0, 0.1) is 27.0 Å². The van der Waals surface area contributed by atoms with E-state index < -0.39 is 58.1 Å². The van der Waals surface area contributed by atoms with Gasteiger partial charge in [0.15, 0.2) is 11.4 Å². The zero-order chi connectivity index (χ0) is 53.8. The van der Waals surface area contributed by atoms with Crippen LogP contribution in [0.3, 0.4) is 0 Å². The van der Waals surface area contributed by atoms with Crippen molar-refractivity contribution in [3.05, 3.63) is 221 Å². The number of rotatable bonds is 11. The molecule has 0 fully saturated rings. The lowest BCUT2D eigenvalue weighted by Gasteiger charge is -2.21. The molecule has 0 saturated carbocycles. The van der Waals surface area contributed by atoms with Crippen LogP contribution in [0.4, 0.5) is 37.7 Å². The van der Waals surface area contributed by atoms with Gasteiger partial charge in [0.05, 0.1) is 101 Å². The highest BCUT2D eigenvalue weighted by Gasteiger charge is 2.33. The van der Waals surface area contributed by atoms with Gasteiger partial charge >= 0.3 is 23.7 Å². The molecule has 74 heavy (non-hydrogen) atoms. The summed E-state index contributed by atoms with van der Waals surface area (Å²) in [6.45, 7) is 22.3. The summed E-state index contributed by atoms with van der Waals surface area (Å²) >= 11 is 0. The number of benzene rings is 4. The molecule has 0 saturated heterocycles. The molecule has 0 aliphatic carbocycles. The Labute approximate surface area is 418 Å². The monoisotopic (exact) mass is 1010 g/mol. The predicted octanol–water partition coefficient (Wildman–Crippen LogP) is 10.8. The average molecular weight is 1010 g/mol. The minimum absolute atomic E-state index is 0.0209. The summed E-state index contributed by atoms with van der Waals surface area (Å²) in [4.78, 5) is 61.4. The first kappa shape index (κ1) is 52.7. The van der Waals surface area contributed by atoms with Gasteiger partial charge in [-0.05, 0) is 107 Å². The third-order valence-electron chi connectivity index (χ3n) is 11.9. The van der Waals surface area contributed by atoms with Crippen molar-refractivity contribution in [2.75, 3.05) is 13.7 Å². The van der Waals surface area contributed by atoms with Crippen molar-refractivity contribution in [2.45, 2.75) is 59.1 Å². The van der Waals surface area contributed by atoms with Gasteiger partial charge in [-0.25, -0.2) is 28.6 Å². The zero-order valence-corrected chi connectivity index (χ0v) is 40.3. The van der Waals surface area contributed by atoms with Gasteiger partial charge in [0.25, 0.3) is 11.1 Å². The van der Waals surface area contributed by atoms with Crippen LogP contribution in [-0.2, 0) is 17.1 Å². The molecular weight excluding hydrogens is 971 g/mol. The van der Waals surface area contributed by atoms with E-state index in [-0.39, 0.29) is 40.5 Å². The van der Waals surface area contributed by atoms with Gasteiger partial charge in [-0.15, -0.1) is 0 Å². The van der Waals surface area contributed by atoms with Gasteiger partial charge in [0.2, 0.25) is 0 Å². The molecule has 0 radical (unpaired) electrons. The quantitative estimate of drug-likeness (QED) is 0.0713. The standard InChI is InChI=1S/C27H22F3N5O2.C26H22F3N5O3/c1-5-7-17(2)33-25(36)24(23-14-15-32-35(23)21-12-10-20(31-4)11-13-21)18(3)34(26(33)37)22-9-6-8-19(16-22)27(28,29)30;1-16(15-37-4)32-24(35)23(22-12-13-31-34(22)20-10-8-19(30-3)9-11-20)17(2)33(25(32)36)21-7-5-6-18(14-21)26(27,28)29/h5-17H,1-3H3;5-14,16H,15H2,1-2,4H3/t17-;16-/m11/s1. The number of halogens is 6. The predicted molar refractivity (Wildman–Crippen MR) is 266 cm³/mol. The largest absolute Gasteiger partial charge is 0.416 e. The Morgan fingerprint density at radius 3 is 1.39 bits per heavy atom. The molecule has 4 aromatic carbocycles. The number of allylic oxidation sites excluding steroid dienone is 2. The molecule has 15 nitrogen and oxygen atoms in total. The van der Waals surface area contributed by atoms with E-state index >= 15 is 0 Å². The third kappa shape index (κ3) is 10.3. The van der Waals surface area contributed by atoms with E-state index in [0.717, 1.165) is 42.5 Å². The summed E-state index contributed by atoms with van der Waals surface area (Å²) in [5.41, 5.74) is -1.52. The lowest BCUT2D eigenvalue weighted by atomic mass is 10.1. The number of alkyl halides is 6. The molecule has 0 aliphatic rings. The number of ether oxygens (including phenoxy) is 1. The van der Waals surface area contributed by atoms with Gasteiger partial charge in [0.1, 0.15) is 0 Å². The maximum Gasteiger partial charge on any atom is 0.416 e. The van der Waals surface area contributed by atoms with Gasteiger partial charge in [-0.2, -0.15) is 36.5 Å². The highest BCUT2D eigenvalue weighted by molar-refractivity contribution is 5.67. The Hall–Kier alpha value is -9.08. The van der Waals surface area contributed by atoms with Crippen molar-refractivity contribution in [1.82, 2.24) is 37.8 Å². The van der Waals surface area contributed by atoms with E-state index in [0.29, 0.717) is 34.1 Å². The first-order valence-electron chi connectivity index (χ1n) is 22.4. The van der Waals surface area contributed by atoms with Crippen LogP contribution in [0.1, 0.15) is 55.4 Å². The van der Waals surface area contributed by atoms with E-state index in [1.54, 1.807) is 93.6 Å². The summed E-state index contributed by atoms with van der Waals surface area (Å²) in [5, 5.41) is 8.64. The lowest BCUT2D eigenvalue weighted by Crippen LogP contribution is -2.44. The Balaban J connectivity index is 0.000000216. The highest BCUT2D eigenvalue weighted by atomic mass is 19.4. The smallest absolute Gasteiger partial charge is 0.383 e. The molecule has 0 amide bonds. The van der Waals surface area contributed by atoms with Crippen molar-refractivity contribution in [1.29, 1.82) is 0 Å². The number of nitrogens with zero attached hydrogens (tertiary/aromatic N) is 10. The van der Waals surface area contributed by atoms with Crippen LogP contribution in [0.25, 0.3) is 55.0 Å². The van der Waals surface area contributed by atoms with Gasteiger partial charge in [-0.3, -0.25) is 27.9 Å². The van der Waals surface area contributed by atoms with Crippen molar-refractivity contribution >= 4 is 11.4 Å². The van der Waals surface area contributed by atoms with E-state index in [4.69, 9.17) is 17.9 Å². The lowest BCUT2D eigenvalue weighted by molar-refractivity contribution is -0.138. The topological polar surface area (TPSA) is 142 Å². The maximum atomic E-state index is 13.8. The summed E-state index contributed by atoms with van der Waals surface area (Å²) < 4.78 is 93.1. The van der Waals surface area contributed by atoms with Crippen LogP contribution in [0.15, 0.2) is 153 Å². The zero-order valence-electron chi connectivity index (χ0n) is 40.3. The second kappa shape index (κ2) is 21.3. The molecule has 0 bridgehead atoms. The Kier molecular flexibility index (Phi) is 15.2. The molecular formula is C53H44F6N10O5. The summed E-state index contributed by atoms with van der Waals surface area (Å²) in [6.07, 6.45) is -2.94. The molecule has 0 N–H and O–H groups in total. The molecule has 378 valence electrons. The van der Waals surface area contributed by atoms with E-state index in [2.05, 4.69) is 19.9 Å². The maximum absolute atomic E-state index is 13.8. The molecule has 4 heterocycles. The first-order valence-corrected chi connectivity index (χ1v) is 22.4. The fourth-order valence-corrected chi connectivity index (χ4v) is 8.45. The number of hydrogen-bond donors (Lipinski definition) is 0. The number of aromatic nitrogens is 8. The normalized spacial score (nSPS) is 12.5. The van der Waals surface area contributed by atoms with Gasteiger partial charge in [0, 0.05) is 18.5 Å². The minimum Gasteiger partial charge on any atom is -0.383 e. The van der Waals surface area contributed by atoms with Crippen LogP contribution < -0.4 is 22.5 Å². The van der Waals surface area contributed by atoms with Crippen LogP contribution in [0.5, 0.6) is 0 Å². The molecule has 4 aromatic heterocycles. The van der Waals surface area contributed by atoms with Crippen LogP contribution in [0.2, 0.25) is 0 Å². The fourth-order valence-electron chi connectivity index (χ4n) is 8.45. The molecule has 8 aromatic rings. The van der Waals surface area contributed by atoms with Gasteiger partial charge < -0.3 is 4.74 Å². The minimum atomic E-state index is -4.62. The highest BCUT2D eigenvalue weighted by Crippen LogP contribution is 2.33. The molecule has 2 atom stereocenters. The molecule has 0 aliphatic heterocycles. The van der Waals surface area contributed by atoms with E-state index in [1.807, 2.05) is 0 Å². The fraction of sp³-hybridized carbons (Fsp3) is 0.208. The number of methoxy groups -OCH3 is 1. The Bertz CT molecular complexity index is 3750. The second-order valence-corrected chi connectivity index (χ2v) is 16.7. The SMILES string of the molecule is [C-]#[N+]c1ccc(-n2nccc2-c2c(C)n(-c3cccc(C(F)(F)F)c3)c(=O)n([C@H](C)C=CC)c2=O)cc1.[C-]#[N+]c1ccc(-n2nccc2-c2c(C)n(-c3cccc(C(F)(F)F)c3)c(=O)n([C@H](C)COC)c2=O)cc1. The third-order valence-corrected chi connectivity index (χ3v) is 11.9. The number of hydrogen-bond acceptors (Lipinski definition) is 7. The van der Waals surface area contributed by atoms with E-state index in [1.165, 1.54) is 67.0 Å². The van der Waals surface area contributed by atoms with Gasteiger partial charge in [-0.1, -0.05) is 48.6 Å². The Morgan fingerprint density at radius 2 is 1.01 bits per heavy atom.